The summed E-state index contributed by atoms with van der Waals surface area (Å²) in [4.78, 5) is 0. The van der Waals surface area contributed by atoms with Gasteiger partial charge in [-0.25, -0.2) is 0 Å². The minimum absolute atomic E-state index is 0. The first-order valence-electron chi connectivity index (χ1n) is 5.62. The summed E-state index contributed by atoms with van der Waals surface area (Å²) in [6.07, 6.45) is 2.97. The topological polar surface area (TPSA) is 35.2 Å². The molecule has 0 bridgehead atoms. The summed E-state index contributed by atoms with van der Waals surface area (Å²) in [6, 6.07) is 6.61. The zero-order chi connectivity index (χ0) is 11.3. The molecule has 0 saturated carbocycles. The van der Waals surface area contributed by atoms with Crippen molar-refractivity contribution < 1.29 is 4.74 Å². The van der Waals surface area contributed by atoms with Gasteiger partial charge in [0.15, 0.2) is 0 Å². The van der Waals surface area contributed by atoms with Crippen LogP contribution >= 0.6 is 12.4 Å². The number of ether oxygens (including phenoxy) is 1. The Kier molecular flexibility index (Phi) is 7.18. The van der Waals surface area contributed by atoms with Crippen LogP contribution < -0.4 is 10.5 Å². The zero-order valence-electron chi connectivity index (χ0n) is 10.3. The second-order valence-corrected chi connectivity index (χ2v) is 3.87. The molecule has 3 heteroatoms. The second-order valence-electron chi connectivity index (χ2n) is 3.87. The lowest BCUT2D eigenvalue weighted by molar-refractivity contribution is 0.410. The first-order chi connectivity index (χ1) is 7.21. The van der Waals surface area contributed by atoms with Crippen molar-refractivity contribution in [3.8, 4) is 5.75 Å². The molecular weight excluding hydrogens is 222 g/mol. The first kappa shape index (κ1) is 15.3. The number of hydrogen-bond acceptors (Lipinski definition) is 2. The van der Waals surface area contributed by atoms with Crippen LogP contribution in [0.25, 0.3) is 0 Å². The molecule has 2 N–H and O–H groups in total. The van der Waals surface area contributed by atoms with Crippen molar-refractivity contribution in [3.05, 3.63) is 29.3 Å². The molecule has 16 heavy (non-hydrogen) atoms. The van der Waals surface area contributed by atoms with Crippen LogP contribution in [0, 0.1) is 0 Å². The van der Waals surface area contributed by atoms with Gasteiger partial charge in [-0.05, 0) is 36.5 Å². The predicted molar refractivity (Wildman–Crippen MR) is 71.6 cm³/mol. The van der Waals surface area contributed by atoms with E-state index in [2.05, 4.69) is 26.0 Å². The number of hydrogen-bond donors (Lipinski definition) is 1. The molecule has 0 saturated heterocycles. The Balaban J connectivity index is 0.00000225. The Hall–Kier alpha value is -0.730. The molecule has 1 aromatic rings. The molecule has 0 aromatic heterocycles. The van der Waals surface area contributed by atoms with E-state index in [9.17, 15) is 0 Å². The van der Waals surface area contributed by atoms with E-state index < -0.39 is 0 Å². The highest BCUT2D eigenvalue weighted by Gasteiger charge is 2.05. The summed E-state index contributed by atoms with van der Waals surface area (Å²) < 4.78 is 5.29. The molecule has 0 spiro atoms. The number of benzene rings is 1. The summed E-state index contributed by atoms with van der Waals surface area (Å²) in [5.41, 5.74) is 8.51. The van der Waals surface area contributed by atoms with E-state index in [1.54, 1.807) is 7.11 Å². The lowest BCUT2D eigenvalue weighted by atomic mass is 10.0. The summed E-state index contributed by atoms with van der Waals surface area (Å²) >= 11 is 0. The summed E-state index contributed by atoms with van der Waals surface area (Å²) in [6.45, 7) is 4.26. The normalized spacial score (nSPS) is 11.8. The van der Waals surface area contributed by atoms with Crippen molar-refractivity contribution in [2.75, 3.05) is 7.11 Å². The van der Waals surface area contributed by atoms with Crippen molar-refractivity contribution in [1.29, 1.82) is 0 Å². The third-order valence-electron chi connectivity index (χ3n) is 2.75. The molecular formula is C13H22ClNO. The van der Waals surface area contributed by atoms with Crippen LogP contribution in [-0.2, 0) is 12.8 Å². The Morgan fingerprint density at radius 1 is 1.31 bits per heavy atom. The van der Waals surface area contributed by atoms with E-state index in [1.807, 2.05) is 6.07 Å². The monoisotopic (exact) mass is 243 g/mol. The number of methoxy groups -OCH3 is 1. The van der Waals surface area contributed by atoms with Gasteiger partial charge in [0, 0.05) is 6.04 Å². The lowest BCUT2D eigenvalue weighted by Crippen LogP contribution is -2.21. The van der Waals surface area contributed by atoms with Crippen molar-refractivity contribution in [1.82, 2.24) is 0 Å². The highest BCUT2D eigenvalue weighted by Crippen LogP contribution is 2.21. The van der Waals surface area contributed by atoms with Crippen LogP contribution in [0.3, 0.4) is 0 Å². The van der Waals surface area contributed by atoms with Crippen molar-refractivity contribution >= 4 is 12.4 Å². The predicted octanol–water partition coefficient (Wildman–Crippen LogP) is 2.96. The van der Waals surface area contributed by atoms with Crippen molar-refractivity contribution in [2.45, 2.75) is 39.2 Å². The Labute approximate surface area is 105 Å². The molecule has 0 heterocycles. The zero-order valence-corrected chi connectivity index (χ0v) is 11.1. The third-order valence-corrected chi connectivity index (χ3v) is 2.75. The van der Waals surface area contributed by atoms with E-state index in [0.29, 0.717) is 0 Å². The van der Waals surface area contributed by atoms with Crippen molar-refractivity contribution in [2.24, 2.45) is 5.73 Å². The maximum atomic E-state index is 5.94. The highest BCUT2D eigenvalue weighted by molar-refractivity contribution is 5.85. The van der Waals surface area contributed by atoms with Crippen LogP contribution in [-0.4, -0.2) is 13.2 Å². The maximum Gasteiger partial charge on any atom is 0.122 e. The molecule has 1 unspecified atom stereocenters. The molecule has 2 nitrogen and oxygen atoms in total. The van der Waals surface area contributed by atoms with Gasteiger partial charge >= 0.3 is 0 Å². The van der Waals surface area contributed by atoms with Crippen LogP contribution in [0.4, 0.5) is 0 Å². The molecule has 0 aliphatic heterocycles. The van der Waals surface area contributed by atoms with Gasteiger partial charge in [-0.1, -0.05) is 26.0 Å². The van der Waals surface area contributed by atoms with E-state index in [1.165, 1.54) is 11.1 Å². The average Bonchev–Trinajstić information content (AvgIpc) is 2.28. The fraction of sp³-hybridized carbons (Fsp3) is 0.538. The van der Waals surface area contributed by atoms with Crippen LogP contribution in [0.15, 0.2) is 18.2 Å². The SMILES string of the molecule is CCc1cc(CC(N)CC)ccc1OC.Cl. The minimum Gasteiger partial charge on any atom is -0.496 e. The largest absolute Gasteiger partial charge is 0.496 e. The smallest absolute Gasteiger partial charge is 0.122 e. The van der Waals surface area contributed by atoms with Gasteiger partial charge in [-0.3, -0.25) is 0 Å². The van der Waals surface area contributed by atoms with E-state index >= 15 is 0 Å². The van der Waals surface area contributed by atoms with Gasteiger partial charge < -0.3 is 10.5 Å². The molecule has 0 amide bonds. The Morgan fingerprint density at radius 2 is 2.00 bits per heavy atom. The van der Waals surface area contributed by atoms with Gasteiger partial charge in [0.05, 0.1) is 7.11 Å². The standard InChI is InChI=1S/C13H21NO.ClH/c1-4-11-8-10(9-12(14)5-2)6-7-13(11)15-3;/h6-8,12H,4-5,9,14H2,1-3H3;1H. The van der Waals surface area contributed by atoms with Crippen LogP contribution in [0.5, 0.6) is 5.75 Å². The van der Waals surface area contributed by atoms with Gasteiger partial charge in [0.2, 0.25) is 0 Å². The summed E-state index contributed by atoms with van der Waals surface area (Å²) in [5, 5.41) is 0. The van der Waals surface area contributed by atoms with Gasteiger partial charge in [-0.2, -0.15) is 0 Å². The molecule has 92 valence electrons. The van der Waals surface area contributed by atoms with E-state index in [4.69, 9.17) is 10.5 Å². The lowest BCUT2D eigenvalue weighted by Gasteiger charge is -2.12. The van der Waals surface area contributed by atoms with Gasteiger partial charge in [0.1, 0.15) is 5.75 Å². The summed E-state index contributed by atoms with van der Waals surface area (Å²) in [5.74, 6) is 0.978. The van der Waals surface area contributed by atoms with Crippen molar-refractivity contribution in [3.63, 3.8) is 0 Å². The van der Waals surface area contributed by atoms with E-state index in [0.717, 1.165) is 25.0 Å². The summed E-state index contributed by atoms with van der Waals surface area (Å²) in [7, 11) is 1.71. The molecule has 1 aromatic carbocycles. The third kappa shape index (κ3) is 4.03. The fourth-order valence-corrected chi connectivity index (χ4v) is 1.68. The maximum absolute atomic E-state index is 5.94. The molecule has 0 aliphatic carbocycles. The number of halogens is 1. The highest BCUT2D eigenvalue weighted by atomic mass is 35.5. The number of aryl methyl sites for hydroxylation is 1. The van der Waals surface area contributed by atoms with Crippen LogP contribution in [0.1, 0.15) is 31.4 Å². The van der Waals surface area contributed by atoms with Gasteiger partial charge in [0.25, 0.3) is 0 Å². The molecule has 0 radical (unpaired) electrons. The Bertz CT molecular complexity index is 315. The van der Waals surface area contributed by atoms with Gasteiger partial charge in [-0.15, -0.1) is 12.4 Å². The quantitative estimate of drug-likeness (QED) is 0.863. The number of nitrogens with two attached hydrogens (primary N) is 1. The minimum atomic E-state index is 0. The number of rotatable bonds is 5. The molecule has 0 fully saturated rings. The molecule has 1 atom stereocenters. The fourth-order valence-electron chi connectivity index (χ4n) is 1.68. The molecule has 1 rings (SSSR count). The van der Waals surface area contributed by atoms with E-state index in [-0.39, 0.29) is 18.4 Å². The molecule has 0 aliphatic rings. The average molecular weight is 244 g/mol. The van der Waals surface area contributed by atoms with Crippen LogP contribution in [0.2, 0.25) is 0 Å². The second kappa shape index (κ2) is 7.53. The first-order valence-corrected chi connectivity index (χ1v) is 5.62. The Morgan fingerprint density at radius 3 is 2.50 bits per heavy atom.